The largest absolute Gasteiger partial charge is 0.507 e. The third-order valence-electron chi connectivity index (χ3n) is 1.96. The molecule has 0 unspecified atom stereocenters. The van der Waals surface area contributed by atoms with Crippen molar-refractivity contribution in [2.75, 3.05) is 5.73 Å². The van der Waals surface area contributed by atoms with Gasteiger partial charge in [0.2, 0.25) is 0 Å². The zero-order valence-electron chi connectivity index (χ0n) is 7.09. The molecule has 0 bridgehead atoms. The van der Waals surface area contributed by atoms with Gasteiger partial charge in [0.25, 0.3) is 0 Å². The molecule has 0 aliphatic heterocycles. The van der Waals surface area contributed by atoms with Crippen molar-refractivity contribution >= 4 is 12.0 Å². The van der Waals surface area contributed by atoms with Crippen LogP contribution in [0.1, 0.15) is 21.5 Å². The summed E-state index contributed by atoms with van der Waals surface area (Å²) < 4.78 is 0. The Labute approximate surface area is 70.8 Å². The molecule has 0 atom stereocenters. The Hall–Kier alpha value is -1.51. The van der Waals surface area contributed by atoms with Crippen molar-refractivity contribution < 1.29 is 9.90 Å². The summed E-state index contributed by atoms with van der Waals surface area (Å²) in [5.41, 5.74) is 7.84. The average Bonchev–Trinajstić information content (AvgIpc) is 2.08. The van der Waals surface area contributed by atoms with E-state index in [1.54, 1.807) is 19.9 Å². The van der Waals surface area contributed by atoms with Crippen LogP contribution >= 0.6 is 0 Å². The van der Waals surface area contributed by atoms with Crippen LogP contribution in [0, 0.1) is 13.8 Å². The first-order valence-corrected chi connectivity index (χ1v) is 3.61. The fraction of sp³-hybridized carbons (Fsp3) is 0.222. The molecule has 3 N–H and O–H groups in total. The molecule has 0 saturated carbocycles. The minimum atomic E-state index is -0.0203. The molecule has 0 spiro atoms. The first-order chi connectivity index (χ1) is 5.57. The highest BCUT2D eigenvalue weighted by molar-refractivity contribution is 5.83. The molecule has 3 heteroatoms. The van der Waals surface area contributed by atoms with Crippen molar-refractivity contribution in [3.8, 4) is 5.75 Å². The second-order valence-electron chi connectivity index (χ2n) is 2.79. The van der Waals surface area contributed by atoms with Gasteiger partial charge in [-0.15, -0.1) is 0 Å². The van der Waals surface area contributed by atoms with Gasteiger partial charge in [0, 0.05) is 11.3 Å². The first kappa shape index (κ1) is 8.59. The Kier molecular flexibility index (Phi) is 2.04. The van der Waals surface area contributed by atoms with Crippen molar-refractivity contribution in [1.29, 1.82) is 0 Å². The molecule has 0 amide bonds. The minimum absolute atomic E-state index is 0.0203. The van der Waals surface area contributed by atoms with Crippen LogP contribution in [0.2, 0.25) is 0 Å². The number of hydrogen-bond donors (Lipinski definition) is 2. The highest BCUT2D eigenvalue weighted by Crippen LogP contribution is 2.28. The Morgan fingerprint density at radius 1 is 1.50 bits per heavy atom. The molecular formula is C9H11NO2. The SMILES string of the molecule is Cc1cc(C=O)c(O)c(C)c1N. The lowest BCUT2D eigenvalue weighted by Gasteiger charge is -2.08. The first-order valence-electron chi connectivity index (χ1n) is 3.61. The number of carbonyl (C=O) groups excluding carboxylic acids is 1. The van der Waals surface area contributed by atoms with Crippen LogP contribution in [0.25, 0.3) is 0 Å². The number of rotatable bonds is 1. The van der Waals surface area contributed by atoms with Gasteiger partial charge in [0.05, 0.1) is 5.56 Å². The summed E-state index contributed by atoms with van der Waals surface area (Å²) in [6, 6.07) is 1.57. The van der Waals surface area contributed by atoms with Crippen molar-refractivity contribution in [3.05, 3.63) is 22.8 Å². The lowest BCUT2D eigenvalue weighted by atomic mass is 10.0. The Balaban J connectivity index is 3.49. The van der Waals surface area contributed by atoms with Gasteiger partial charge in [-0.05, 0) is 25.5 Å². The van der Waals surface area contributed by atoms with E-state index in [9.17, 15) is 9.90 Å². The van der Waals surface area contributed by atoms with Gasteiger partial charge in [-0.1, -0.05) is 0 Å². The van der Waals surface area contributed by atoms with E-state index in [2.05, 4.69) is 0 Å². The second-order valence-corrected chi connectivity index (χ2v) is 2.79. The van der Waals surface area contributed by atoms with Crippen molar-refractivity contribution in [1.82, 2.24) is 0 Å². The lowest BCUT2D eigenvalue weighted by molar-refractivity contribution is 0.112. The maximum Gasteiger partial charge on any atom is 0.153 e. The fourth-order valence-electron chi connectivity index (χ4n) is 1.11. The molecule has 0 radical (unpaired) electrons. The molecule has 0 aromatic heterocycles. The number of nitrogen functional groups attached to an aromatic ring is 1. The molecule has 0 fully saturated rings. The number of aryl methyl sites for hydroxylation is 1. The molecule has 1 aromatic rings. The molecule has 0 aliphatic carbocycles. The molecule has 1 rings (SSSR count). The predicted octanol–water partition coefficient (Wildman–Crippen LogP) is 1.40. The highest BCUT2D eigenvalue weighted by atomic mass is 16.3. The number of aromatic hydroxyl groups is 1. The van der Waals surface area contributed by atoms with Crippen LogP contribution in [0.15, 0.2) is 6.07 Å². The summed E-state index contributed by atoms with van der Waals surface area (Å²) in [4.78, 5) is 10.4. The van der Waals surface area contributed by atoms with Gasteiger partial charge in [0.1, 0.15) is 5.75 Å². The quantitative estimate of drug-likeness (QED) is 0.488. The number of phenolic OH excluding ortho intramolecular Hbond substituents is 1. The molecule has 0 heterocycles. The van der Waals surface area contributed by atoms with Gasteiger partial charge >= 0.3 is 0 Å². The van der Waals surface area contributed by atoms with E-state index in [0.29, 0.717) is 23.1 Å². The van der Waals surface area contributed by atoms with E-state index in [0.717, 1.165) is 5.56 Å². The van der Waals surface area contributed by atoms with E-state index < -0.39 is 0 Å². The monoisotopic (exact) mass is 165 g/mol. The third-order valence-corrected chi connectivity index (χ3v) is 1.96. The van der Waals surface area contributed by atoms with E-state index in [4.69, 9.17) is 5.73 Å². The van der Waals surface area contributed by atoms with E-state index >= 15 is 0 Å². The summed E-state index contributed by atoms with van der Waals surface area (Å²) in [5.74, 6) is -0.0203. The number of hydrogen-bond acceptors (Lipinski definition) is 3. The molecule has 0 aliphatic rings. The fourth-order valence-corrected chi connectivity index (χ4v) is 1.11. The number of carbonyl (C=O) groups is 1. The number of aldehydes is 1. The molecule has 3 nitrogen and oxygen atoms in total. The van der Waals surface area contributed by atoms with E-state index in [-0.39, 0.29) is 5.75 Å². The van der Waals surface area contributed by atoms with Crippen LogP contribution in [0.5, 0.6) is 5.75 Å². The molecular weight excluding hydrogens is 154 g/mol. The maximum atomic E-state index is 10.4. The van der Waals surface area contributed by atoms with Crippen molar-refractivity contribution in [2.45, 2.75) is 13.8 Å². The summed E-state index contributed by atoms with van der Waals surface area (Å²) in [5, 5.41) is 9.39. The number of phenols is 1. The molecule has 64 valence electrons. The van der Waals surface area contributed by atoms with Crippen LogP contribution in [0.3, 0.4) is 0 Å². The standard InChI is InChI=1S/C9H11NO2/c1-5-3-7(4-11)9(12)6(2)8(5)10/h3-4,12H,10H2,1-2H3. The van der Waals surface area contributed by atoms with E-state index in [1.807, 2.05) is 0 Å². The summed E-state index contributed by atoms with van der Waals surface area (Å²) >= 11 is 0. The number of anilines is 1. The highest BCUT2D eigenvalue weighted by Gasteiger charge is 2.08. The minimum Gasteiger partial charge on any atom is -0.507 e. The topological polar surface area (TPSA) is 63.3 Å². The maximum absolute atomic E-state index is 10.4. The summed E-state index contributed by atoms with van der Waals surface area (Å²) in [7, 11) is 0. The van der Waals surface area contributed by atoms with Crippen LogP contribution in [-0.2, 0) is 0 Å². The second kappa shape index (κ2) is 2.85. The van der Waals surface area contributed by atoms with Crippen LogP contribution in [0.4, 0.5) is 5.69 Å². The lowest BCUT2D eigenvalue weighted by Crippen LogP contribution is -1.96. The van der Waals surface area contributed by atoms with Gasteiger partial charge in [0.15, 0.2) is 6.29 Å². The van der Waals surface area contributed by atoms with E-state index in [1.165, 1.54) is 0 Å². The van der Waals surface area contributed by atoms with Crippen LogP contribution in [-0.4, -0.2) is 11.4 Å². The smallest absolute Gasteiger partial charge is 0.153 e. The van der Waals surface area contributed by atoms with Gasteiger partial charge in [-0.25, -0.2) is 0 Å². The number of benzene rings is 1. The zero-order valence-corrected chi connectivity index (χ0v) is 7.09. The van der Waals surface area contributed by atoms with Gasteiger partial charge < -0.3 is 10.8 Å². The predicted molar refractivity (Wildman–Crippen MR) is 47.4 cm³/mol. The average molecular weight is 165 g/mol. The molecule has 0 saturated heterocycles. The third kappa shape index (κ3) is 1.13. The summed E-state index contributed by atoms with van der Waals surface area (Å²) in [6.45, 7) is 3.49. The van der Waals surface area contributed by atoms with Gasteiger partial charge in [-0.3, -0.25) is 4.79 Å². The molecule has 1 aromatic carbocycles. The Bertz CT molecular complexity index is 332. The van der Waals surface area contributed by atoms with Crippen LogP contribution < -0.4 is 5.73 Å². The normalized spacial score (nSPS) is 9.83. The van der Waals surface area contributed by atoms with Crippen molar-refractivity contribution in [2.24, 2.45) is 0 Å². The zero-order chi connectivity index (χ0) is 9.30. The Morgan fingerprint density at radius 3 is 2.58 bits per heavy atom. The van der Waals surface area contributed by atoms with Gasteiger partial charge in [-0.2, -0.15) is 0 Å². The summed E-state index contributed by atoms with van der Waals surface area (Å²) in [6.07, 6.45) is 0.620. The number of nitrogens with two attached hydrogens (primary N) is 1. The Morgan fingerprint density at radius 2 is 2.08 bits per heavy atom. The molecule has 12 heavy (non-hydrogen) atoms. The van der Waals surface area contributed by atoms with Crippen molar-refractivity contribution in [3.63, 3.8) is 0 Å².